The molecule has 0 saturated heterocycles. The molecule has 1 fully saturated rings. The van der Waals surface area contributed by atoms with E-state index in [2.05, 4.69) is 50.3 Å². The lowest BCUT2D eigenvalue weighted by molar-refractivity contribution is 0.117. The Labute approximate surface area is 168 Å². The van der Waals surface area contributed by atoms with Gasteiger partial charge in [0.1, 0.15) is 0 Å². The third-order valence-corrected chi connectivity index (χ3v) is 7.02. The van der Waals surface area contributed by atoms with E-state index >= 15 is 0 Å². The van der Waals surface area contributed by atoms with E-state index in [1.54, 1.807) is 11.8 Å². The van der Waals surface area contributed by atoms with Crippen LogP contribution in [-0.2, 0) is 6.42 Å². The van der Waals surface area contributed by atoms with Crippen molar-refractivity contribution < 1.29 is 15.3 Å². The van der Waals surface area contributed by atoms with E-state index in [1.165, 1.54) is 11.1 Å². The second kappa shape index (κ2) is 11.9. The van der Waals surface area contributed by atoms with Crippen molar-refractivity contribution in [3.05, 3.63) is 47.5 Å². The minimum Gasteiger partial charge on any atom is -0.393 e. The number of unbranched alkanes of at least 4 members (excludes halogenated alkanes) is 1. The van der Waals surface area contributed by atoms with Gasteiger partial charge >= 0.3 is 0 Å². The molecule has 2 rings (SSSR count). The lowest BCUT2D eigenvalue weighted by Gasteiger charge is -2.24. The summed E-state index contributed by atoms with van der Waals surface area (Å²) >= 11 is 1.63. The Kier molecular flexibility index (Phi) is 9.91. The first-order valence-electron chi connectivity index (χ1n) is 10.4. The summed E-state index contributed by atoms with van der Waals surface area (Å²) in [5.74, 6) is 0.725. The lowest BCUT2D eigenvalue weighted by atomic mass is 9.99. The highest BCUT2D eigenvalue weighted by Gasteiger charge is 2.41. The molecule has 4 heteroatoms. The van der Waals surface area contributed by atoms with Crippen molar-refractivity contribution in [2.45, 2.75) is 82.4 Å². The van der Waals surface area contributed by atoms with Gasteiger partial charge in [-0.3, -0.25) is 0 Å². The van der Waals surface area contributed by atoms with Crippen LogP contribution in [0.5, 0.6) is 0 Å². The van der Waals surface area contributed by atoms with Crippen molar-refractivity contribution in [2.24, 2.45) is 5.92 Å². The Balaban J connectivity index is 1.77. The fraction of sp³-hybridized carbons (Fsp3) is 0.652. The zero-order valence-electron chi connectivity index (χ0n) is 16.8. The molecule has 0 heterocycles. The average Bonchev–Trinajstić information content (AvgIpc) is 2.91. The topological polar surface area (TPSA) is 60.7 Å². The highest BCUT2D eigenvalue weighted by Crippen LogP contribution is 2.39. The SMILES string of the molecule is CCC/C=C\CC[C@@H]1[C@@H](SC[C@@H](O)CCc2cccc(C)c2)[C@H](O)C[C@@H]1O. The van der Waals surface area contributed by atoms with Crippen molar-refractivity contribution >= 4 is 11.8 Å². The first-order chi connectivity index (χ1) is 13.0. The van der Waals surface area contributed by atoms with E-state index in [4.69, 9.17) is 0 Å². The number of allylic oxidation sites excluding steroid dienone is 2. The zero-order chi connectivity index (χ0) is 19.6. The van der Waals surface area contributed by atoms with Crippen molar-refractivity contribution in [3.8, 4) is 0 Å². The Morgan fingerprint density at radius 3 is 2.70 bits per heavy atom. The normalized spacial score (nSPS) is 26.7. The van der Waals surface area contributed by atoms with Gasteiger partial charge in [-0.15, -0.1) is 0 Å². The molecule has 0 amide bonds. The Morgan fingerprint density at radius 2 is 1.96 bits per heavy atom. The van der Waals surface area contributed by atoms with Gasteiger partial charge in [-0.05, 0) is 50.5 Å². The average molecular weight is 393 g/mol. The van der Waals surface area contributed by atoms with Gasteiger partial charge in [0.05, 0.1) is 18.3 Å². The number of aliphatic hydroxyl groups excluding tert-OH is 3. The quantitative estimate of drug-likeness (QED) is 0.492. The Hall–Kier alpha value is -0.810. The third-order valence-electron chi connectivity index (χ3n) is 5.40. The van der Waals surface area contributed by atoms with E-state index in [-0.39, 0.29) is 17.3 Å². The maximum atomic E-state index is 10.4. The molecule has 0 unspecified atom stereocenters. The second-order valence-electron chi connectivity index (χ2n) is 7.85. The summed E-state index contributed by atoms with van der Waals surface area (Å²) in [6, 6.07) is 8.41. The summed E-state index contributed by atoms with van der Waals surface area (Å²) in [6.45, 7) is 4.25. The number of rotatable bonds is 11. The predicted molar refractivity (Wildman–Crippen MR) is 115 cm³/mol. The van der Waals surface area contributed by atoms with Crippen molar-refractivity contribution in [3.63, 3.8) is 0 Å². The van der Waals surface area contributed by atoms with Crippen LogP contribution < -0.4 is 0 Å². The minimum atomic E-state index is -0.474. The van der Waals surface area contributed by atoms with Gasteiger partial charge in [0.25, 0.3) is 0 Å². The van der Waals surface area contributed by atoms with Crippen LogP contribution in [0.3, 0.4) is 0 Å². The van der Waals surface area contributed by atoms with E-state index in [0.29, 0.717) is 12.2 Å². The minimum absolute atomic E-state index is 0.0215. The number of thioether (sulfide) groups is 1. The molecule has 1 aliphatic carbocycles. The number of hydrogen-bond donors (Lipinski definition) is 3. The summed E-state index contributed by atoms with van der Waals surface area (Å²) in [5, 5.41) is 31.1. The molecule has 1 aromatic rings. The first-order valence-corrected chi connectivity index (χ1v) is 11.4. The molecule has 0 spiro atoms. The molecule has 3 nitrogen and oxygen atoms in total. The predicted octanol–water partition coefficient (Wildman–Crippen LogP) is 4.27. The van der Waals surface area contributed by atoms with Crippen molar-refractivity contribution in [1.29, 1.82) is 0 Å². The number of aryl methyl sites for hydroxylation is 2. The number of aliphatic hydroxyl groups is 3. The van der Waals surface area contributed by atoms with Gasteiger partial charge < -0.3 is 15.3 Å². The lowest BCUT2D eigenvalue weighted by Crippen LogP contribution is -2.27. The summed E-state index contributed by atoms with van der Waals surface area (Å²) in [5.41, 5.74) is 2.50. The van der Waals surface area contributed by atoms with E-state index < -0.39 is 12.2 Å². The van der Waals surface area contributed by atoms with Gasteiger partial charge in [0.2, 0.25) is 0 Å². The molecule has 27 heavy (non-hydrogen) atoms. The van der Waals surface area contributed by atoms with E-state index in [9.17, 15) is 15.3 Å². The molecule has 1 aromatic carbocycles. The molecule has 5 atom stereocenters. The van der Waals surface area contributed by atoms with E-state index in [1.807, 2.05) is 0 Å². The molecule has 1 saturated carbocycles. The monoisotopic (exact) mass is 392 g/mol. The van der Waals surface area contributed by atoms with Gasteiger partial charge in [0.15, 0.2) is 0 Å². The van der Waals surface area contributed by atoms with Crippen LogP contribution in [0.4, 0.5) is 0 Å². The molecule has 3 N–H and O–H groups in total. The molecule has 0 radical (unpaired) electrons. The number of benzene rings is 1. The summed E-state index contributed by atoms with van der Waals surface area (Å²) in [7, 11) is 0. The smallest absolute Gasteiger partial charge is 0.0687 e. The third kappa shape index (κ3) is 7.61. The fourth-order valence-corrected chi connectivity index (χ4v) is 5.36. The van der Waals surface area contributed by atoms with Gasteiger partial charge in [-0.1, -0.05) is 55.3 Å². The van der Waals surface area contributed by atoms with Crippen molar-refractivity contribution in [2.75, 3.05) is 5.75 Å². The van der Waals surface area contributed by atoms with Crippen LogP contribution in [0.15, 0.2) is 36.4 Å². The summed E-state index contributed by atoms with van der Waals surface area (Å²) in [4.78, 5) is 0. The van der Waals surface area contributed by atoms with Crippen LogP contribution in [-0.4, -0.2) is 44.6 Å². The molecular weight excluding hydrogens is 356 g/mol. The van der Waals surface area contributed by atoms with Gasteiger partial charge in [-0.2, -0.15) is 11.8 Å². The summed E-state index contributed by atoms with van der Waals surface area (Å²) in [6.07, 6.45) is 9.26. The Bertz CT molecular complexity index is 574. The number of hydrogen-bond acceptors (Lipinski definition) is 4. The standard InChI is InChI=1S/C23H36O3S/c1-3-4-5-6-7-11-20-21(25)15-22(26)23(20)27-16-19(24)13-12-18-10-8-9-17(2)14-18/h5-6,8-10,14,19-26H,3-4,7,11-13,15-16H2,1-2H3/b6-5-/t19-,20-,21-,22+,23+/m0/s1. The van der Waals surface area contributed by atoms with Gasteiger partial charge in [0, 0.05) is 17.4 Å². The molecule has 0 bridgehead atoms. The second-order valence-corrected chi connectivity index (χ2v) is 9.06. The fourth-order valence-electron chi connectivity index (χ4n) is 3.85. The van der Waals surface area contributed by atoms with Crippen LogP contribution in [0.2, 0.25) is 0 Å². The van der Waals surface area contributed by atoms with Crippen LogP contribution >= 0.6 is 11.8 Å². The zero-order valence-corrected chi connectivity index (χ0v) is 17.6. The van der Waals surface area contributed by atoms with Crippen molar-refractivity contribution in [1.82, 2.24) is 0 Å². The molecular formula is C23H36O3S. The highest BCUT2D eigenvalue weighted by atomic mass is 32.2. The molecule has 152 valence electrons. The summed E-state index contributed by atoms with van der Waals surface area (Å²) < 4.78 is 0. The molecule has 0 aliphatic heterocycles. The van der Waals surface area contributed by atoms with E-state index in [0.717, 1.165) is 38.5 Å². The highest BCUT2D eigenvalue weighted by molar-refractivity contribution is 8.00. The maximum Gasteiger partial charge on any atom is 0.0687 e. The van der Waals surface area contributed by atoms with Crippen LogP contribution in [0.25, 0.3) is 0 Å². The first kappa shape index (κ1) is 22.5. The maximum absolute atomic E-state index is 10.4. The van der Waals surface area contributed by atoms with Crippen LogP contribution in [0, 0.1) is 12.8 Å². The largest absolute Gasteiger partial charge is 0.393 e. The Morgan fingerprint density at radius 1 is 1.19 bits per heavy atom. The molecule has 0 aromatic heterocycles. The van der Waals surface area contributed by atoms with Gasteiger partial charge in [-0.25, -0.2) is 0 Å². The molecule has 1 aliphatic rings. The van der Waals surface area contributed by atoms with Crippen LogP contribution in [0.1, 0.15) is 56.6 Å².